The van der Waals surface area contributed by atoms with Crippen molar-refractivity contribution in [2.45, 2.75) is 24.8 Å². The second-order valence-corrected chi connectivity index (χ2v) is 9.73. The number of hydrogen-bond acceptors (Lipinski definition) is 5. The first kappa shape index (κ1) is 23.4. The number of benzene rings is 2. The number of piperazine rings is 1. The first-order valence-corrected chi connectivity index (χ1v) is 12.0. The monoisotopic (exact) mass is 445 g/mol. The molecule has 2 aromatic carbocycles. The van der Waals surface area contributed by atoms with Crippen LogP contribution in [0.4, 0.5) is 0 Å². The first-order valence-electron chi connectivity index (χ1n) is 10.6. The van der Waals surface area contributed by atoms with Crippen LogP contribution >= 0.6 is 0 Å². The van der Waals surface area contributed by atoms with E-state index in [1.165, 1.54) is 0 Å². The van der Waals surface area contributed by atoms with Crippen molar-refractivity contribution in [2.24, 2.45) is 0 Å². The van der Waals surface area contributed by atoms with Crippen LogP contribution in [0.3, 0.4) is 0 Å². The molecule has 1 aliphatic heterocycles. The van der Waals surface area contributed by atoms with Crippen LogP contribution in [0.25, 0.3) is 0 Å². The molecule has 0 aliphatic carbocycles. The average molecular weight is 446 g/mol. The predicted molar refractivity (Wildman–Crippen MR) is 120 cm³/mol. The van der Waals surface area contributed by atoms with Gasteiger partial charge in [0.05, 0.1) is 4.90 Å². The Balaban J connectivity index is 1.54. The fourth-order valence-corrected chi connectivity index (χ4v) is 5.00. The molecule has 168 valence electrons. The molecule has 3 rings (SSSR count). The molecule has 1 aliphatic rings. The van der Waals surface area contributed by atoms with E-state index in [1.54, 1.807) is 29.6 Å². The van der Waals surface area contributed by atoms with Gasteiger partial charge in [0.1, 0.15) is 0 Å². The third-order valence-electron chi connectivity index (χ3n) is 5.40. The highest BCUT2D eigenvalue weighted by Crippen LogP contribution is 2.19. The molecule has 0 bridgehead atoms. The van der Waals surface area contributed by atoms with Gasteiger partial charge in [0.25, 0.3) is 5.91 Å². The van der Waals surface area contributed by atoms with Crippen LogP contribution in [0.2, 0.25) is 0 Å². The SMILES string of the molecule is COCCCNC(=O)c1cccc(CN2CCN(S(=O)(=O)c3ccc(C)cc3)CC2)c1. The maximum Gasteiger partial charge on any atom is 0.251 e. The van der Waals surface area contributed by atoms with Crippen molar-refractivity contribution in [3.63, 3.8) is 0 Å². The highest BCUT2D eigenvalue weighted by molar-refractivity contribution is 7.89. The van der Waals surface area contributed by atoms with Crippen LogP contribution in [0.15, 0.2) is 53.4 Å². The van der Waals surface area contributed by atoms with E-state index in [0.29, 0.717) is 56.3 Å². The number of methoxy groups -OCH3 is 1. The lowest BCUT2D eigenvalue weighted by atomic mass is 10.1. The smallest absolute Gasteiger partial charge is 0.251 e. The van der Waals surface area contributed by atoms with E-state index in [1.807, 2.05) is 37.3 Å². The number of aryl methyl sites for hydroxylation is 1. The first-order chi connectivity index (χ1) is 14.9. The molecule has 8 heteroatoms. The summed E-state index contributed by atoms with van der Waals surface area (Å²) in [6, 6.07) is 14.6. The lowest BCUT2D eigenvalue weighted by Gasteiger charge is -2.34. The molecular weight excluding hydrogens is 414 g/mol. The minimum atomic E-state index is -3.46. The predicted octanol–water partition coefficient (Wildman–Crippen LogP) is 2.27. The molecule has 7 nitrogen and oxygen atoms in total. The van der Waals surface area contributed by atoms with Crippen LogP contribution in [-0.2, 0) is 21.3 Å². The molecular formula is C23H31N3O4S. The van der Waals surface area contributed by atoms with Gasteiger partial charge >= 0.3 is 0 Å². The average Bonchev–Trinajstić information content (AvgIpc) is 2.77. The molecule has 0 spiro atoms. The summed E-state index contributed by atoms with van der Waals surface area (Å²) in [5.41, 5.74) is 2.71. The minimum Gasteiger partial charge on any atom is -0.385 e. The maximum atomic E-state index is 12.9. The van der Waals surface area contributed by atoms with Crippen molar-refractivity contribution in [1.29, 1.82) is 0 Å². The van der Waals surface area contributed by atoms with E-state index in [2.05, 4.69) is 10.2 Å². The zero-order valence-corrected chi connectivity index (χ0v) is 19.0. The van der Waals surface area contributed by atoms with E-state index in [4.69, 9.17) is 4.74 Å². The number of amides is 1. The van der Waals surface area contributed by atoms with Gasteiger partial charge in [-0.15, -0.1) is 0 Å². The van der Waals surface area contributed by atoms with E-state index < -0.39 is 10.0 Å². The Labute approximate surface area is 185 Å². The van der Waals surface area contributed by atoms with Crippen LogP contribution in [0.1, 0.15) is 27.9 Å². The third kappa shape index (κ3) is 6.36. The molecule has 0 aromatic heterocycles. The van der Waals surface area contributed by atoms with Gasteiger partial charge in [-0.25, -0.2) is 8.42 Å². The summed E-state index contributed by atoms with van der Waals surface area (Å²) in [6.45, 7) is 6.03. The second kappa shape index (κ2) is 10.9. The molecule has 2 aromatic rings. The number of carbonyl (C=O) groups excluding carboxylic acids is 1. The van der Waals surface area contributed by atoms with Gasteiger partial charge in [0, 0.05) is 58.5 Å². The Kier molecular flexibility index (Phi) is 8.20. The highest BCUT2D eigenvalue weighted by Gasteiger charge is 2.28. The van der Waals surface area contributed by atoms with Crippen molar-refractivity contribution in [2.75, 3.05) is 46.4 Å². The van der Waals surface area contributed by atoms with E-state index in [0.717, 1.165) is 17.5 Å². The number of hydrogen-bond donors (Lipinski definition) is 1. The van der Waals surface area contributed by atoms with Gasteiger partial charge in [-0.2, -0.15) is 4.31 Å². The molecule has 1 amide bonds. The lowest BCUT2D eigenvalue weighted by molar-refractivity contribution is 0.0948. The number of ether oxygens (including phenoxy) is 1. The number of carbonyl (C=O) groups is 1. The third-order valence-corrected chi connectivity index (χ3v) is 7.31. The quantitative estimate of drug-likeness (QED) is 0.599. The van der Waals surface area contributed by atoms with Crippen molar-refractivity contribution < 1.29 is 17.9 Å². The van der Waals surface area contributed by atoms with E-state index >= 15 is 0 Å². The van der Waals surface area contributed by atoms with E-state index in [-0.39, 0.29) is 5.91 Å². The number of rotatable bonds is 9. The topological polar surface area (TPSA) is 79.0 Å². The van der Waals surface area contributed by atoms with Crippen molar-refractivity contribution in [3.8, 4) is 0 Å². The fourth-order valence-electron chi connectivity index (χ4n) is 3.58. The normalized spacial score (nSPS) is 15.7. The molecule has 0 unspecified atom stereocenters. The van der Waals surface area contributed by atoms with Gasteiger partial charge in [-0.1, -0.05) is 29.8 Å². The number of sulfonamides is 1. The molecule has 1 N–H and O–H groups in total. The van der Waals surface area contributed by atoms with Gasteiger partial charge < -0.3 is 10.1 Å². The van der Waals surface area contributed by atoms with Gasteiger partial charge in [0.2, 0.25) is 10.0 Å². The van der Waals surface area contributed by atoms with Crippen molar-refractivity contribution >= 4 is 15.9 Å². The van der Waals surface area contributed by atoms with Crippen molar-refractivity contribution in [1.82, 2.24) is 14.5 Å². The standard InChI is InChI=1S/C23H31N3O4S/c1-19-7-9-22(10-8-19)31(28,29)26-14-12-25(13-15-26)18-20-5-3-6-21(17-20)23(27)24-11-4-16-30-2/h3,5-10,17H,4,11-16,18H2,1-2H3,(H,24,27). The Morgan fingerprint density at radius 1 is 1.06 bits per heavy atom. The van der Waals surface area contributed by atoms with Crippen LogP contribution in [0.5, 0.6) is 0 Å². The summed E-state index contributed by atoms with van der Waals surface area (Å²) >= 11 is 0. The Bertz CT molecular complexity index is 969. The molecule has 1 heterocycles. The summed E-state index contributed by atoms with van der Waals surface area (Å²) in [5, 5.41) is 2.90. The zero-order chi connectivity index (χ0) is 22.3. The Hall–Kier alpha value is -2.26. The number of nitrogens with zero attached hydrogens (tertiary/aromatic N) is 2. The van der Waals surface area contributed by atoms with Gasteiger partial charge in [-0.05, 0) is 43.2 Å². The van der Waals surface area contributed by atoms with Gasteiger partial charge in [-0.3, -0.25) is 9.69 Å². The Morgan fingerprint density at radius 2 is 1.77 bits per heavy atom. The summed E-state index contributed by atoms with van der Waals surface area (Å²) in [6.07, 6.45) is 0.776. The summed E-state index contributed by atoms with van der Waals surface area (Å²) in [4.78, 5) is 14.9. The molecule has 1 saturated heterocycles. The molecule has 0 saturated carbocycles. The fraction of sp³-hybridized carbons (Fsp3) is 0.435. The van der Waals surface area contributed by atoms with Gasteiger partial charge in [0.15, 0.2) is 0 Å². The maximum absolute atomic E-state index is 12.9. The van der Waals surface area contributed by atoms with Crippen LogP contribution < -0.4 is 5.32 Å². The zero-order valence-electron chi connectivity index (χ0n) is 18.2. The lowest BCUT2D eigenvalue weighted by Crippen LogP contribution is -2.48. The molecule has 31 heavy (non-hydrogen) atoms. The van der Waals surface area contributed by atoms with Crippen LogP contribution in [0, 0.1) is 6.92 Å². The highest BCUT2D eigenvalue weighted by atomic mass is 32.2. The molecule has 0 radical (unpaired) electrons. The minimum absolute atomic E-state index is 0.0908. The largest absolute Gasteiger partial charge is 0.385 e. The van der Waals surface area contributed by atoms with E-state index in [9.17, 15) is 13.2 Å². The summed E-state index contributed by atoms with van der Waals surface area (Å²) in [7, 11) is -1.82. The summed E-state index contributed by atoms with van der Waals surface area (Å²) < 4.78 is 32.3. The van der Waals surface area contributed by atoms with Crippen molar-refractivity contribution in [3.05, 3.63) is 65.2 Å². The number of nitrogens with one attached hydrogen (secondary N) is 1. The van der Waals surface area contributed by atoms with Crippen LogP contribution in [-0.4, -0.2) is 70.0 Å². The second-order valence-electron chi connectivity index (χ2n) is 7.80. The summed E-state index contributed by atoms with van der Waals surface area (Å²) in [5.74, 6) is -0.0908. The Morgan fingerprint density at radius 3 is 2.45 bits per heavy atom. The molecule has 1 fully saturated rings. The molecule has 0 atom stereocenters.